The Morgan fingerprint density at radius 3 is 2.38 bits per heavy atom. The van der Waals surface area contributed by atoms with Gasteiger partial charge in [0.25, 0.3) is 0 Å². The standard InChI is InChI=1S/C28H35N3O5S/c1-21-11-13-25(14-12-21)37(34,35)30-16-15-28(33)31-26(18-22-7-4-3-5-8-22)27(32)20-29-19-23-9-6-10-24(17-23)36-2/h3-14,17,26-27,29-30,32H,15-16,18-20H2,1-2H3,(H,31,33)/t26-,27+/m0/s1. The van der Waals surface area contributed by atoms with E-state index in [9.17, 15) is 18.3 Å². The van der Waals surface area contributed by atoms with Crippen molar-refractivity contribution >= 4 is 15.9 Å². The van der Waals surface area contributed by atoms with E-state index in [0.29, 0.717) is 13.0 Å². The first kappa shape index (κ1) is 28.3. The summed E-state index contributed by atoms with van der Waals surface area (Å²) in [7, 11) is -2.10. The third-order valence-electron chi connectivity index (χ3n) is 5.90. The van der Waals surface area contributed by atoms with Gasteiger partial charge in [-0.1, -0.05) is 60.2 Å². The molecule has 37 heavy (non-hydrogen) atoms. The van der Waals surface area contributed by atoms with Gasteiger partial charge in [-0.3, -0.25) is 4.79 Å². The van der Waals surface area contributed by atoms with Crippen LogP contribution in [0.5, 0.6) is 5.75 Å². The van der Waals surface area contributed by atoms with Gasteiger partial charge in [-0.05, 0) is 48.7 Å². The fourth-order valence-electron chi connectivity index (χ4n) is 3.82. The van der Waals surface area contributed by atoms with Gasteiger partial charge < -0.3 is 20.5 Å². The zero-order chi connectivity index (χ0) is 26.7. The van der Waals surface area contributed by atoms with Crippen molar-refractivity contribution in [3.05, 3.63) is 95.6 Å². The number of sulfonamides is 1. The molecule has 0 saturated heterocycles. The van der Waals surface area contributed by atoms with Gasteiger partial charge in [0, 0.05) is 26.1 Å². The van der Waals surface area contributed by atoms with Crippen LogP contribution >= 0.6 is 0 Å². The van der Waals surface area contributed by atoms with Gasteiger partial charge >= 0.3 is 0 Å². The third kappa shape index (κ3) is 9.29. The Morgan fingerprint density at radius 2 is 1.68 bits per heavy atom. The van der Waals surface area contributed by atoms with Gasteiger partial charge in [-0.2, -0.15) is 0 Å². The van der Waals surface area contributed by atoms with E-state index in [1.165, 1.54) is 12.1 Å². The van der Waals surface area contributed by atoms with E-state index < -0.39 is 22.2 Å². The zero-order valence-electron chi connectivity index (χ0n) is 21.2. The van der Waals surface area contributed by atoms with E-state index in [1.54, 1.807) is 19.2 Å². The summed E-state index contributed by atoms with van der Waals surface area (Å²) in [5.74, 6) is 0.409. The van der Waals surface area contributed by atoms with Crippen LogP contribution in [0.3, 0.4) is 0 Å². The van der Waals surface area contributed by atoms with Gasteiger partial charge in [0.2, 0.25) is 15.9 Å². The number of hydrogen-bond acceptors (Lipinski definition) is 6. The second kappa shape index (κ2) is 13.9. The Bertz CT molecular complexity index is 1230. The van der Waals surface area contributed by atoms with Crippen LogP contribution in [-0.2, 0) is 27.8 Å². The van der Waals surface area contributed by atoms with Gasteiger partial charge in [0.05, 0.1) is 24.2 Å². The number of aliphatic hydroxyl groups excluding tert-OH is 1. The molecule has 198 valence electrons. The van der Waals surface area contributed by atoms with Crippen LogP contribution in [0.1, 0.15) is 23.1 Å². The minimum atomic E-state index is -3.71. The number of rotatable bonds is 14. The molecule has 0 aliphatic rings. The highest BCUT2D eigenvalue weighted by Crippen LogP contribution is 2.13. The molecule has 9 heteroatoms. The number of amides is 1. The van der Waals surface area contributed by atoms with Crippen LogP contribution in [0.2, 0.25) is 0 Å². The minimum absolute atomic E-state index is 0.0513. The molecule has 0 saturated carbocycles. The van der Waals surface area contributed by atoms with Crippen LogP contribution in [0.25, 0.3) is 0 Å². The predicted octanol–water partition coefficient (Wildman–Crippen LogP) is 2.55. The number of hydrogen-bond donors (Lipinski definition) is 4. The summed E-state index contributed by atoms with van der Waals surface area (Å²) in [4.78, 5) is 12.8. The van der Waals surface area contributed by atoms with E-state index in [2.05, 4.69) is 15.4 Å². The molecule has 2 atom stereocenters. The number of methoxy groups -OCH3 is 1. The van der Waals surface area contributed by atoms with Gasteiger partial charge in [-0.15, -0.1) is 0 Å². The Hall–Kier alpha value is -3.24. The lowest BCUT2D eigenvalue weighted by molar-refractivity contribution is -0.122. The average Bonchev–Trinajstić information content (AvgIpc) is 2.89. The molecule has 0 spiro atoms. The molecule has 0 aromatic heterocycles. The first-order valence-electron chi connectivity index (χ1n) is 12.2. The van der Waals surface area contributed by atoms with Crippen molar-refractivity contribution in [3.63, 3.8) is 0 Å². The smallest absolute Gasteiger partial charge is 0.240 e. The van der Waals surface area contributed by atoms with E-state index in [0.717, 1.165) is 22.4 Å². The Labute approximate surface area is 219 Å². The van der Waals surface area contributed by atoms with Gasteiger partial charge in [0.1, 0.15) is 5.75 Å². The van der Waals surface area contributed by atoms with E-state index in [-0.39, 0.29) is 30.3 Å². The molecule has 3 aromatic carbocycles. The van der Waals surface area contributed by atoms with Crippen molar-refractivity contribution in [1.29, 1.82) is 0 Å². The number of carbonyl (C=O) groups excluding carboxylic acids is 1. The number of aryl methyl sites for hydroxylation is 1. The van der Waals surface area contributed by atoms with Crippen LogP contribution in [0, 0.1) is 6.92 Å². The highest BCUT2D eigenvalue weighted by atomic mass is 32.2. The molecule has 0 fully saturated rings. The van der Waals surface area contributed by atoms with Gasteiger partial charge in [-0.25, -0.2) is 13.1 Å². The fraction of sp³-hybridized carbons (Fsp3) is 0.321. The molecular formula is C28H35N3O5S. The summed E-state index contributed by atoms with van der Waals surface area (Å²) >= 11 is 0. The predicted molar refractivity (Wildman–Crippen MR) is 144 cm³/mol. The zero-order valence-corrected chi connectivity index (χ0v) is 22.0. The van der Waals surface area contributed by atoms with Crippen molar-refractivity contribution in [2.75, 3.05) is 20.2 Å². The quantitative estimate of drug-likeness (QED) is 0.257. The lowest BCUT2D eigenvalue weighted by Crippen LogP contribution is -2.49. The van der Waals surface area contributed by atoms with Crippen molar-refractivity contribution in [3.8, 4) is 5.75 Å². The van der Waals surface area contributed by atoms with Crippen LogP contribution in [-0.4, -0.2) is 51.8 Å². The van der Waals surface area contributed by atoms with Crippen LogP contribution < -0.4 is 20.1 Å². The number of carbonyl (C=O) groups is 1. The van der Waals surface area contributed by atoms with Gasteiger partial charge in [0.15, 0.2) is 0 Å². The summed E-state index contributed by atoms with van der Waals surface area (Å²) < 4.78 is 32.7. The molecule has 3 aromatic rings. The number of benzene rings is 3. The Morgan fingerprint density at radius 1 is 0.973 bits per heavy atom. The monoisotopic (exact) mass is 525 g/mol. The normalized spacial score (nSPS) is 13.1. The maximum absolute atomic E-state index is 12.7. The molecule has 3 rings (SSSR count). The highest BCUT2D eigenvalue weighted by molar-refractivity contribution is 7.89. The summed E-state index contributed by atoms with van der Waals surface area (Å²) in [5, 5.41) is 17.0. The average molecular weight is 526 g/mol. The molecular weight excluding hydrogens is 490 g/mol. The first-order valence-corrected chi connectivity index (χ1v) is 13.7. The molecule has 0 heterocycles. The molecule has 0 radical (unpaired) electrons. The molecule has 0 bridgehead atoms. The SMILES string of the molecule is COc1cccc(CNC[C@@H](O)[C@H](Cc2ccccc2)NC(=O)CCNS(=O)(=O)c2ccc(C)cc2)c1. The molecule has 0 aliphatic carbocycles. The van der Waals surface area contributed by atoms with E-state index >= 15 is 0 Å². The third-order valence-corrected chi connectivity index (χ3v) is 7.38. The summed E-state index contributed by atoms with van der Waals surface area (Å²) in [6, 6.07) is 23.2. The minimum Gasteiger partial charge on any atom is -0.497 e. The summed E-state index contributed by atoms with van der Waals surface area (Å²) in [6.45, 7) is 2.61. The Kier molecular flexibility index (Phi) is 10.6. The number of aliphatic hydroxyl groups is 1. The lowest BCUT2D eigenvalue weighted by atomic mass is 10.0. The fourth-order valence-corrected chi connectivity index (χ4v) is 4.85. The topological polar surface area (TPSA) is 117 Å². The van der Waals surface area contributed by atoms with E-state index in [4.69, 9.17) is 4.74 Å². The van der Waals surface area contributed by atoms with Crippen molar-refractivity contribution in [2.45, 2.75) is 43.4 Å². The summed E-state index contributed by atoms with van der Waals surface area (Å²) in [5.41, 5.74) is 2.94. The maximum atomic E-state index is 12.7. The van der Waals surface area contributed by atoms with Crippen molar-refractivity contribution in [1.82, 2.24) is 15.4 Å². The van der Waals surface area contributed by atoms with Crippen LogP contribution in [0.15, 0.2) is 83.8 Å². The lowest BCUT2D eigenvalue weighted by Gasteiger charge is -2.25. The Balaban J connectivity index is 1.55. The summed E-state index contributed by atoms with van der Waals surface area (Å²) in [6.07, 6.45) is -0.483. The number of ether oxygens (including phenoxy) is 1. The number of nitrogens with one attached hydrogen (secondary N) is 3. The van der Waals surface area contributed by atoms with Crippen molar-refractivity contribution in [2.24, 2.45) is 0 Å². The largest absolute Gasteiger partial charge is 0.497 e. The highest BCUT2D eigenvalue weighted by Gasteiger charge is 2.22. The molecule has 1 amide bonds. The molecule has 8 nitrogen and oxygen atoms in total. The first-order chi connectivity index (χ1) is 17.8. The van der Waals surface area contributed by atoms with Crippen LogP contribution in [0.4, 0.5) is 0 Å². The second-order valence-electron chi connectivity index (χ2n) is 8.87. The van der Waals surface area contributed by atoms with E-state index in [1.807, 2.05) is 61.5 Å². The maximum Gasteiger partial charge on any atom is 0.240 e. The molecule has 0 unspecified atom stereocenters. The molecule has 4 N–H and O–H groups in total. The van der Waals surface area contributed by atoms with Crippen molar-refractivity contribution < 1.29 is 23.1 Å². The second-order valence-corrected chi connectivity index (χ2v) is 10.6. The molecule has 0 aliphatic heterocycles.